The highest BCUT2D eigenvalue weighted by Gasteiger charge is 2.34. The van der Waals surface area contributed by atoms with E-state index >= 15 is 0 Å². The topological polar surface area (TPSA) is 92.4 Å². The van der Waals surface area contributed by atoms with Crippen molar-refractivity contribution < 1.29 is 19.0 Å². The molecule has 3 heterocycles. The number of ether oxygens (including phenoxy) is 3. The van der Waals surface area contributed by atoms with Crippen LogP contribution < -0.4 is 14.2 Å². The summed E-state index contributed by atoms with van der Waals surface area (Å²) in [6.07, 6.45) is 3.26. The van der Waals surface area contributed by atoms with E-state index in [1.165, 1.54) is 0 Å². The fourth-order valence-corrected chi connectivity index (χ4v) is 5.26. The summed E-state index contributed by atoms with van der Waals surface area (Å²) in [6.45, 7) is 0.100. The SMILES string of the molecule is COc1ccc([C@H]2c3ccc4ccccc4c3Oc3ncn4nc(CO/N=C\c5ccccc5)nc4c32)cc1OC. The molecule has 6 aromatic rings. The van der Waals surface area contributed by atoms with Gasteiger partial charge in [0.25, 0.3) is 0 Å². The van der Waals surface area contributed by atoms with Crippen molar-refractivity contribution in [1.29, 1.82) is 0 Å². The minimum absolute atomic E-state index is 0.100. The molecule has 0 aliphatic carbocycles. The Hall–Kier alpha value is -5.44. The van der Waals surface area contributed by atoms with Gasteiger partial charge in [-0.2, -0.15) is 0 Å². The predicted octanol–water partition coefficient (Wildman–Crippen LogP) is 6.13. The molecule has 41 heavy (non-hydrogen) atoms. The van der Waals surface area contributed by atoms with Crippen LogP contribution >= 0.6 is 0 Å². The molecule has 0 amide bonds. The maximum Gasteiger partial charge on any atom is 0.228 e. The molecular weight excluding hydrogens is 518 g/mol. The summed E-state index contributed by atoms with van der Waals surface area (Å²) in [5.74, 6) is 2.74. The summed E-state index contributed by atoms with van der Waals surface area (Å²) < 4.78 is 19.3. The maximum absolute atomic E-state index is 6.51. The zero-order valence-electron chi connectivity index (χ0n) is 22.4. The van der Waals surface area contributed by atoms with Crippen LogP contribution in [0.5, 0.6) is 23.1 Å². The molecule has 7 rings (SSSR count). The molecule has 1 atom stereocenters. The van der Waals surface area contributed by atoms with Gasteiger partial charge in [-0.3, -0.25) is 0 Å². The first-order valence-electron chi connectivity index (χ1n) is 13.1. The number of nitrogens with zero attached hydrogens (tertiary/aromatic N) is 5. The van der Waals surface area contributed by atoms with Crippen molar-refractivity contribution in [3.05, 3.63) is 119 Å². The normalized spacial score (nSPS) is 14.0. The largest absolute Gasteiger partial charge is 0.493 e. The van der Waals surface area contributed by atoms with E-state index < -0.39 is 0 Å². The number of methoxy groups -OCH3 is 2. The van der Waals surface area contributed by atoms with Crippen LogP contribution in [-0.2, 0) is 11.4 Å². The van der Waals surface area contributed by atoms with Crippen molar-refractivity contribution in [3.63, 3.8) is 0 Å². The first kappa shape index (κ1) is 24.6. The molecule has 0 fully saturated rings. The molecular formula is C32H25N5O4. The Kier molecular flexibility index (Phi) is 6.16. The molecule has 0 saturated heterocycles. The Morgan fingerprint density at radius 3 is 2.61 bits per heavy atom. The summed E-state index contributed by atoms with van der Waals surface area (Å²) in [5.41, 5.74) is 4.33. The lowest BCUT2D eigenvalue weighted by Gasteiger charge is -2.29. The van der Waals surface area contributed by atoms with Gasteiger partial charge in [0.1, 0.15) is 12.1 Å². The minimum Gasteiger partial charge on any atom is -0.493 e. The van der Waals surface area contributed by atoms with E-state index in [-0.39, 0.29) is 12.5 Å². The molecule has 0 unspecified atom stereocenters. The molecule has 1 aliphatic heterocycles. The summed E-state index contributed by atoms with van der Waals surface area (Å²) in [4.78, 5) is 15.0. The van der Waals surface area contributed by atoms with E-state index in [0.717, 1.165) is 38.8 Å². The van der Waals surface area contributed by atoms with Gasteiger partial charge in [-0.05, 0) is 28.6 Å². The lowest BCUT2D eigenvalue weighted by molar-refractivity contribution is 0.126. The molecule has 202 valence electrons. The van der Waals surface area contributed by atoms with Crippen LogP contribution in [0.4, 0.5) is 0 Å². The Morgan fingerprint density at radius 2 is 1.76 bits per heavy atom. The predicted molar refractivity (Wildman–Crippen MR) is 154 cm³/mol. The van der Waals surface area contributed by atoms with Crippen LogP contribution in [0, 0.1) is 0 Å². The molecule has 1 aliphatic rings. The molecule has 0 spiro atoms. The van der Waals surface area contributed by atoms with E-state index in [4.69, 9.17) is 24.0 Å². The summed E-state index contributed by atoms with van der Waals surface area (Å²) in [5, 5.41) is 10.8. The Bertz CT molecular complexity index is 1920. The lowest BCUT2D eigenvalue weighted by Crippen LogP contribution is -2.15. The van der Waals surface area contributed by atoms with E-state index in [0.29, 0.717) is 28.9 Å². The van der Waals surface area contributed by atoms with Crippen LogP contribution in [0.1, 0.15) is 34.0 Å². The molecule has 9 heteroatoms. The van der Waals surface area contributed by atoms with E-state index in [1.54, 1.807) is 31.3 Å². The highest BCUT2D eigenvalue weighted by Crippen LogP contribution is 2.51. The number of oxime groups is 1. The van der Waals surface area contributed by atoms with Crippen LogP contribution in [0.15, 0.2) is 96.4 Å². The average molecular weight is 544 g/mol. The molecule has 0 radical (unpaired) electrons. The van der Waals surface area contributed by atoms with Crippen molar-refractivity contribution in [2.75, 3.05) is 14.2 Å². The Morgan fingerprint density at radius 1 is 0.927 bits per heavy atom. The summed E-state index contributed by atoms with van der Waals surface area (Å²) >= 11 is 0. The first-order chi connectivity index (χ1) is 20.2. The number of fused-ring (bicyclic) bond motifs is 6. The standard InChI is InChI=1S/C32H25N5O4/c1-38-25-15-13-22(16-26(25)39-2)28-24-14-12-21-10-6-7-11-23(21)30(24)41-32-29(28)31-35-27(36-37(31)19-33-32)18-40-34-17-20-8-4-3-5-9-20/h3-17,19,28H,18H2,1-2H3/b34-17-/t28-/m0/s1. The lowest BCUT2D eigenvalue weighted by atomic mass is 9.82. The van der Waals surface area contributed by atoms with Gasteiger partial charge in [-0.1, -0.05) is 78.0 Å². The highest BCUT2D eigenvalue weighted by molar-refractivity contribution is 5.91. The smallest absolute Gasteiger partial charge is 0.228 e. The third-order valence-corrected chi connectivity index (χ3v) is 7.15. The van der Waals surface area contributed by atoms with E-state index in [1.807, 2.05) is 60.7 Å². The molecule has 0 saturated carbocycles. The van der Waals surface area contributed by atoms with Crippen LogP contribution in [-0.4, -0.2) is 40.0 Å². The van der Waals surface area contributed by atoms with Crippen LogP contribution in [0.25, 0.3) is 16.4 Å². The first-order valence-corrected chi connectivity index (χ1v) is 13.1. The number of rotatable bonds is 7. The van der Waals surface area contributed by atoms with Crippen molar-refractivity contribution in [1.82, 2.24) is 19.6 Å². The maximum atomic E-state index is 6.51. The second kappa shape index (κ2) is 10.3. The van der Waals surface area contributed by atoms with Crippen LogP contribution in [0.2, 0.25) is 0 Å². The Labute approximate surface area is 235 Å². The third-order valence-electron chi connectivity index (χ3n) is 7.15. The quantitative estimate of drug-likeness (QED) is 0.176. The molecule has 0 bridgehead atoms. The number of hydrogen-bond acceptors (Lipinski definition) is 8. The number of hydrogen-bond donors (Lipinski definition) is 0. The third kappa shape index (κ3) is 4.37. The van der Waals surface area contributed by atoms with Crippen molar-refractivity contribution >= 4 is 22.6 Å². The second-order valence-corrected chi connectivity index (χ2v) is 9.53. The fourth-order valence-electron chi connectivity index (χ4n) is 5.26. The van der Waals surface area contributed by atoms with Crippen molar-refractivity contribution in [2.24, 2.45) is 5.16 Å². The van der Waals surface area contributed by atoms with Gasteiger partial charge in [-0.25, -0.2) is 14.5 Å². The molecule has 9 nitrogen and oxygen atoms in total. The molecule has 4 aromatic carbocycles. The van der Waals surface area contributed by atoms with Gasteiger partial charge in [0.2, 0.25) is 5.88 Å². The number of aromatic nitrogens is 4. The molecule has 0 N–H and O–H groups in total. The van der Waals surface area contributed by atoms with Gasteiger partial charge < -0.3 is 19.0 Å². The van der Waals surface area contributed by atoms with E-state index in [9.17, 15) is 0 Å². The summed E-state index contributed by atoms with van der Waals surface area (Å²) in [6, 6.07) is 28.0. The van der Waals surface area contributed by atoms with Gasteiger partial charge in [0, 0.05) is 16.9 Å². The second-order valence-electron chi connectivity index (χ2n) is 9.53. The van der Waals surface area contributed by atoms with E-state index in [2.05, 4.69) is 39.5 Å². The number of benzene rings is 4. The van der Waals surface area contributed by atoms with Gasteiger partial charge in [0.15, 0.2) is 29.6 Å². The van der Waals surface area contributed by atoms with Gasteiger partial charge >= 0.3 is 0 Å². The van der Waals surface area contributed by atoms with Gasteiger partial charge in [0.05, 0.1) is 26.0 Å². The average Bonchev–Trinajstić information content (AvgIpc) is 3.45. The fraction of sp³-hybridized carbons (Fsp3) is 0.125. The summed E-state index contributed by atoms with van der Waals surface area (Å²) in [7, 11) is 3.26. The zero-order chi connectivity index (χ0) is 27.8. The Balaban J connectivity index is 1.34. The molecule has 2 aromatic heterocycles. The highest BCUT2D eigenvalue weighted by atomic mass is 16.6. The zero-order valence-corrected chi connectivity index (χ0v) is 22.4. The monoisotopic (exact) mass is 543 g/mol. The van der Waals surface area contributed by atoms with Crippen LogP contribution in [0.3, 0.4) is 0 Å². The van der Waals surface area contributed by atoms with Crippen molar-refractivity contribution in [3.8, 4) is 23.1 Å². The minimum atomic E-state index is -0.261. The van der Waals surface area contributed by atoms with Gasteiger partial charge in [-0.15, -0.1) is 5.10 Å². The van der Waals surface area contributed by atoms with Crippen molar-refractivity contribution in [2.45, 2.75) is 12.5 Å².